The summed E-state index contributed by atoms with van der Waals surface area (Å²) < 4.78 is 30.8. The van der Waals surface area contributed by atoms with Crippen molar-refractivity contribution in [3.8, 4) is 0 Å². The van der Waals surface area contributed by atoms with Crippen molar-refractivity contribution < 1.29 is 22.8 Å². The van der Waals surface area contributed by atoms with Crippen LogP contribution in [-0.2, 0) is 26.2 Å². The topological polar surface area (TPSA) is 130 Å². The van der Waals surface area contributed by atoms with Crippen LogP contribution in [0.1, 0.15) is 48.7 Å². The highest BCUT2D eigenvalue weighted by molar-refractivity contribution is 7.92. The summed E-state index contributed by atoms with van der Waals surface area (Å²) in [6.07, 6.45) is 2.01. The maximum absolute atomic E-state index is 13.2. The Hall–Kier alpha value is -3.73. The van der Waals surface area contributed by atoms with Crippen molar-refractivity contribution in [3.63, 3.8) is 0 Å². The number of anilines is 1. The molecule has 1 aromatic heterocycles. The van der Waals surface area contributed by atoms with Gasteiger partial charge in [-0.3, -0.25) is 29.1 Å². The Labute approximate surface area is 196 Å². The number of carbonyl (C=O) groups excluding carboxylic acids is 3. The second kappa shape index (κ2) is 7.94. The molecule has 2 aliphatic heterocycles. The Morgan fingerprint density at radius 3 is 2.68 bits per heavy atom. The molecule has 11 heteroatoms. The van der Waals surface area contributed by atoms with Crippen LogP contribution in [0.4, 0.5) is 5.69 Å². The minimum atomic E-state index is -3.96. The Bertz CT molecular complexity index is 1460. The summed E-state index contributed by atoms with van der Waals surface area (Å²) in [7, 11) is -3.96. The first-order chi connectivity index (χ1) is 16.2. The third-order valence-electron chi connectivity index (χ3n) is 6.19. The van der Waals surface area contributed by atoms with Gasteiger partial charge in [-0.05, 0) is 50.6 Å². The van der Waals surface area contributed by atoms with E-state index in [1.54, 1.807) is 36.5 Å². The van der Waals surface area contributed by atoms with Gasteiger partial charge in [0.15, 0.2) is 0 Å². The highest BCUT2D eigenvalue weighted by Crippen LogP contribution is 2.33. The zero-order chi connectivity index (χ0) is 24.2. The number of nitrogens with one attached hydrogen (secondary N) is 2. The van der Waals surface area contributed by atoms with E-state index in [9.17, 15) is 22.8 Å². The van der Waals surface area contributed by atoms with Crippen molar-refractivity contribution in [2.24, 2.45) is 0 Å². The lowest BCUT2D eigenvalue weighted by molar-refractivity contribution is -0.136. The smallest absolute Gasteiger partial charge is 0.261 e. The molecule has 3 amide bonds. The SMILES string of the molecule is CC(C)n1ncc2cc(S(=O)(=O)Nc3cccc4c3CN(C3CCC(=O)NC3=O)C4=O)ccc21. The number of benzene rings is 2. The summed E-state index contributed by atoms with van der Waals surface area (Å²) in [4.78, 5) is 38.2. The molecule has 5 rings (SSSR count). The Kier molecular flexibility index (Phi) is 5.16. The third-order valence-corrected chi connectivity index (χ3v) is 7.56. The summed E-state index contributed by atoms with van der Waals surface area (Å²) in [6.45, 7) is 4.06. The van der Waals surface area contributed by atoms with Gasteiger partial charge in [0.05, 0.1) is 22.3 Å². The lowest BCUT2D eigenvalue weighted by Crippen LogP contribution is -2.52. The molecule has 2 aliphatic rings. The molecule has 1 atom stereocenters. The van der Waals surface area contributed by atoms with Gasteiger partial charge in [0.2, 0.25) is 11.8 Å². The third kappa shape index (κ3) is 3.61. The van der Waals surface area contributed by atoms with Gasteiger partial charge in [0, 0.05) is 35.5 Å². The molecule has 0 bridgehead atoms. The molecular formula is C23H23N5O5S. The van der Waals surface area contributed by atoms with Crippen molar-refractivity contribution >= 4 is 44.3 Å². The van der Waals surface area contributed by atoms with Crippen molar-refractivity contribution in [1.82, 2.24) is 20.0 Å². The number of imide groups is 1. The summed E-state index contributed by atoms with van der Waals surface area (Å²) in [5.74, 6) is -1.25. The minimum absolute atomic E-state index is 0.0688. The van der Waals surface area contributed by atoms with E-state index in [1.165, 1.54) is 11.0 Å². The fourth-order valence-electron chi connectivity index (χ4n) is 4.49. The zero-order valence-electron chi connectivity index (χ0n) is 18.6. The van der Waals surface area contributed by atoms with Crippen molar-refractivity contribution in [3.05, 3.63) is 53.7 Å². The number of hydrogen-bond donors (Lipinski definition) is 2. The van der Waals surface area contributed by atoms with E-state index in [0.29, 0.717) is 16.5 Å². The van der Waals surface area contributed by atoms with Gasteiger partial charge in [-0.1, -0.05) is 6.07 Å². The van der Waals surface area contributed by atoms with E-state index in [1.807, 2.05) is 18.5 Å². The number of aromatic nitrogens is 2. The summed E-state index contributed by atoms with van der Waals surface area (Å²) in [5, 5.41) is 7.29. The van der Waals surface area contributed by atoms with Crippen LogP contribution in [0.5, 0.6) is 0 Å². The molecule has 0 saturated carbocycles. The Morgan fingerprint density at radius 1 is 1.15 bits per heavy atom. The van der Waals surface area contributed by atoms with Crippen LogP contribution >= 0.6 is 0 Å². The first-order valence-corrected chi connectivity index (χ1v) is 12.4. The molecule has 3 heterocycles. The molecule has 1 saturated heterocycles. The molecule has 1 fully saturated rings. The fraction of sp³-hybridized carbons (Fsp3) is 0.304. The lowest BCUT2D eigenvalue weighted by atomic mass is 10.0. The molecule has 3 aromatic rings. The number of amides is 3. The van der Waals surface area contributed by atoms with Gasteiger partial charge >= 0.3 is 0 Å². The molecular weight excluding hydrogens is 458 g/mol. The zero-order valence-corrected chi connectivity index (χ0v) is 19.4. The molecule has 0 aliphatic carbocycles. The standard InChI is InChI=1S/C23H23N5O5S/c1-13(2)28-19-7-6-15(10-14(19)11-24-28)34(32,33)26-18-5-3-4-16-17(18)12-27(23(16)31)20-8-9-21(29)25-22(20)30/h3-7,10-11,13,20,26H,8-9,12H2,1-2H3,(H,25,29,30). The van der Waals surface area contributed by atoms with Crippen LogP contribution in [0.25, 0.3) is 10.9 Å². The maximum Gasteiger partial charge on any atom is 0.261 e. The maximum atomic E-state index is 13.2. The Balaban J connectivity index is 1.44. The summed E-state index contributed by atoms with van der Waals surface area (Å²) in [5.41, 5.74) is 1.94. The van der Waals surface area contributed by atoms with E-state index in [2.05, 4.69) is 15.1 Å². The fourth-order valence-corrected chi connectivity index (χ4v) is 5.62. The molecule has 1 unspecified atom stereocenters. The average molecular weight is 482 g/mol. The van der Waals surface area contributed by atoms with Gasteiger partial charge in [-0.25, -0.2) is 8.42 Å². The normalized spacial score (nSPS) is 18.5. The van der Waals surface area contributed by atoms with Crippen LogP contribution < -0.4 is 10.0 Å². The van der Waals surface area contributed by atoms with Gasteiger partial charge in [-0.15, -0.1) is 0 Å². The molecule has 2 aromatic carbocycles. The number of rotatable bonds is 5. The predicted molar refractivity (Wildman–Crippen MR) is 123 cm³/mol. The van der Waals surface area contributed by atoms with Crippen LogP contribution in [0.3, 0.4) is 0 Å². The van der Waals surface area contributed by atoms with Gasteiger partial charge in [0.25, 0.3) is 15.9 Å². The summed E-state index contributed by atoms with van der Waals surface area (Å²) >= 11 is 0. The number of hydrogen-bond acceptors (Lipinski definition) is 6. The summed E-state index contributed by atoms with van der Waals surface area (Å²) in [6, 6.07) is 8.96. The van der Waals surface area contributed by atoms with E-state index in [-0.39, 0.29) is 47.8 Å². The van der Waals surface area contributed by atoms with Gasteiger partial charge in [0.1, 0.15) is 6.04 Å². The van der Waals surface area contributed by atoms with Crippen LogP contribution in [0.15, 0.2) is 47.5 Å². The number of fused-ring (bicyclic) bond motifs is 2. The van der Waals surface area contributed by atoms with Crippen molar-refractivity contribution in [2.45, 2.75) is 50.2 Å². The molecule has 2 N–H and O–H groups in total. The molecule has 0 radical (unpaired) electrons. The van der Waals surface area contributed by atoms with Crippen LogP contribution in [0, 0.1) is 0 Å². The van der Waals surface area contributed by atoms with E-state index in [4.69, 9.17) is 0 Å². The van der Waals surface area contributed by atoms with Crippen molar-refractivity contribution in [2.75, 3.05) is 4.72 Å². The second-order valence-corrected chi connectivity index (χ2v) is 10.4. The highest BCUT2D eigenvalue weighted by atomic mass is 32.2. The van der Waals surface area contributed by atoms with Gasteiger partial charge in [-0.2, -0.15) is 5.10 Å². The number of nitrogens with zero attached hydrogens (tertiary/aromatic N) is 3. The van der Waals surface area contributed by atoms with Crippen LogP contribution in [-0.4, -0.2) is 46.9 Å². The molecule has 10 nitrogen and oxygen atoms in total. The minimum Gasteiger partial charge on any atom is -0.322 e. The molecule has 176 valence electrons. The van der Waals surface area contributed by atoms with Crippen molar-refractivity contribution in [1.29, 1.82) is 0 Å². The van der Waals surface area contributed by atoms with E-state index in [0.717, 1.165) is 5.52 Å². The highest BCUT2D eigenvalue weighted by Gasteiger charge is 2.40. The quantitative estimate of drug-likeness (QED) is 0.537. The first kappa shape index (κ1) is 22.1. The number of carbonyl (C=O) groups is 3. The lowest BCUT2D eigenvalue weighted by Gasteiger charge is -2.29. The average Bonchev–Trinajstić information content (AvgIpc) is 3.35. The van der Waals surface area contributed by atoms with E-state index >= 15 is 0 Å². The molecule has 34 heavy (non-hydrogen) atoms. The Morgan fingerprint density at radius 2 is 1.94 bits per heavy atom. The first-order valence-electron chi connectivity index (χ1n) is 10.9. The largest absolute Gasteiger partial charge is 0.322 e. The number of sulfonamides is 1. The van der Waals surface area contributed by atoms with Gasteiger partial charge < -0.3 is 4.90 Å². The van der Waals surface area contributed by atoms with Crippen LogP contribution in [0.2, 0.25) is 0 Å². The monoisotopic (exact) mass is 481 g/mol. The molecule has 0 spiro atoms. The number of piperidine rings is 1. The predicted octanol–water partition coefficient (Wildman–Crippen LogP) is 2.18. The van der Waals surface area contributed by atoms with E-state index < -0.39 is 22.0 Å². The second-order valence-electron chi connectivity index (χ2n) is 8.74.